The molecule has 0 aliphatic carbocycles. The van der Waals surface area contributed by atoms with Crippen molar-refractivity contribution in [1.29, 1.82) is 0 Å². The first-order valence-electron chi connectivity index (χ1n) is 5.92. The summed E-state index contributed by atoms with van der Waals surface area (Å²) in [7, 11) is 0. The summed E-state index contributed by atoms with van der Waals surface area (Å²) in [5, 5.41) is 9.43. The maximum atomic E-state index is 10.7. The van der Waals surface area contributed by atoms with Crippen molar-refractivity contribution in [3.8, 4) is 0 Å². The fourth-order valence-electron chi connectivity index (χ4n) is 2.15. The molecule has 1 saturated heterocycles. The molecule has 0 saturated carbocycles. The van der Waals surface area contributed by atoms with Gasteiger partial charge in [0, 0.05) is 17.5 Å². The third kappa shape index (κ3) is 3.02. The van der Waals surface area contributed by atoms with Crippen LogP contribution in [-0.4, -0.2) is 30.3 Å². The number of carbonyl (C=O) groups is 1. The summed E-state index contributed by atoms with van der Waals surface area (Å²) in [5.41, 5.74) is 7.41. The molecule has 1 aromatic rings. The Bertz CT molecular complexity index is 444. The number of halogens is 1. The average molecular weight is 270 g/mol. The van der Waals surface area contributed by atoms with Gasteiger partial charge in [0.25, 0.3) is 0 Å². The number of hydrogen-bond donors (Lipinski definition) is 2. The number of nitrogens with two attached hydrogens (primary N) is 1. The summed E-state index contributed by atoms with van der Waals surface area (Å²) >= 11 is 6.23. The molecular formula is C13H16ClNO3. The SMILES string of the molecule is NC(Cc1ccc(C2CCOC2)c(Cl)c1)C(=O)O. The lowest BCUT2D eigenvalue weighted by molar-refractivity contribution is -0.138. The fraction of sp³-hybridized carbons (Fsp3) is 0.462. The molecule has 0 amide bonds. The molecule has 0 spiro atoms. The van der Waals surface area contributed by atoms with E-state index in [0.717, 1.165) is 24.2 Å². The predicted octanol–water partition coefficient (Wildman–Crippen LogP) is 1.80. The summed E-state index contributed by atoms with van der Waals surface area (Å²) < 4.78 is 5.34. The van der Waals surface area contributed by atoms with E-state index in [0.29, 0.717) is 17.5 Å². The molecule has 5 heteroatoms. The summed E-state index contributed by atoms with van der Waals surface area (Å²) in [6.45, 7) is 1.47. The number of aliphatic carboxylic acids is 1. The van der Waals surface area contributed by atoms with Gasteiger partial charge in [-0.2, -0.15) is 0 Å². The van der Waals surface area contributed by atoms with E-state index in [1.54, 1.807) is 6.07 Å². The molecule has 0 bridgehead atoms. The Hall–Kier alpha value is -1.10. The monoisotopic (exact) mass is 269 g/mol. The molecule has 2 unspecified atom stereocenters. The third-order valence-electron chi connectivity index (χ3n) is 3.21. The van der Waals surface area contributed by atoms with Crippen LogP contribution in [0.1, 0.15) is 23.5 Å². The van der Waals surface area contributed by atoms with Gasteiger partial charge in [-0.15, -0.1) is 0 Å². The molecule has 2 rings (SSSR count). The van der Waals surface area contributed by atoms with Crippen LogP contribution in [0.2, 0.25) is 5.02 Å². The first-order chi connectivity index (χ1) is 8.58. The quantitative estimate of drug-likeness (QED) is 0.874. The second kappa shape index (κ2) is 5.69. The van der Waals surface area contributed by atoms with Crippen molar-refractivity contribution in [3.05, 3.63) is 34.3 Å². The Balaban J connectivity index is 2.11. The molecular weight excluding hydrogens is 254 g/mol. The van der Waals surface area contributed by atoms with E-state index >= 15 is 0 Å². The number of ether oxygens (including phenoxy) is 1. The fourth-order valence-corrected chi connectivity index (χ4v) is 2.51. The first-order valence-corrected chi connectivity index (χ1v) is 6.30. The van der Waals surface area contributed by atoms with Crippen LogP contribution in [0.25, 0.3) is 0 Å². The molecule has 3 N–H and O–H groups in total. The van der Waals surface area contributed by atoms with Gasteiger partial charge < -0.3 is 15.6 Å². The third-order valence-corrected chi connectivity index (χ3v) is 3.53. The van der Waals surface area contributed by atoms with Gasteiger partial charge in [0.1, 0.15) is 6.04 Å². The molecule has 1 aliphatic rings. The molecule has 1 aromatic carbocycles. The van der Waals surface area contributed by atoms with Crippen molar-refractivity contribution in [2.24, 2.45) is 5.73 Å². The van der Waals surface area contributed by atoms with E-state index in [2.05, 4.69) is 0 Å². The van der Waals surface area contributed by atoms with Crippen molar-refractivity contribution < 1.29 is 14.6 Å². The molecule has 18 heavy (non-hydrogen) atoms. The Kier molecular flexibility index (Phi) is 4.22. The van der Waals surface area contributed by atoms with Crippen LogP contribution < -0.4 is 5.73 Å². The lowest BCUT2D eigenvalue weighted by Gasteiger charge is -2.13. The molecule has 0 aromatic heterocycles. The number of rotatable bonds is 4. The molecule has 0 radical (unpaired) electrons. The largest absolute Gasteiger partial charge is 0.480 e. The lowest BCUT2D eigenvalue weighted by atomic mass is 9.96. The molecule has 1 fully saturated rings. The minimum atomic E-state index is -1.00. The summed E-state index contributed by atoms with van der Waals surface area (Å²) in [4.78, 5) is 10.7. The van der Waals surface area contributed by atoms with E-state index in [4.69, 9.17) is 27.2 Å². The van der Waals surface area contributed by atoms with Gasteiger partial charge >= 0.3 is 5.97 Å². The van der Waals surface area contributed by atoms with E-state index in [9.17, 15) is 4.79 Å². The predicted molar refractivity (Wildman–Crippen MR) is 68.9 cm³/mol. The van der Waals surface area contributed by atoms with E-state index in [1.165, 1.54) is 0 Å². The highest BCUT2D eigenvalue weighted by molar-refractivity contribution is 6.31. The Morgan fingerprint density at radius 2 is 2.39 bits per heavy atom. The molecule has 2 atom stereocenters. The topological polar surface area (TPSA) is 72.5 Å². The van der Waals surface area contributed by atoms with Crippen molar-refractivity contribution in [2.75, 3.05) is 13.2 Å². The second-order valence-electron chi connectivity index (χ2n) is 4.57. The summed E-state index contributed by atoms with van der Waals surface area (Å²) in [6.07, 6.45) is 1.27. The smallest absolute Gasteiger partial charge is 0.320 e. The Labute approximate surface area is 111 Å². The maximum Gasteiger partial charge on any atom is 0.320 e. The lowest BCUT2D eigenvalue weighted by Crippen LogP contribution is -2.32. The summed E-state index contributed by atoms with van der Waals surface area (Å²) in [6, 6.07) is 4.76. The molecule has 1 heterocycles. The summed E-state index contributed by atoms with van der Waals surface area (Å²) in [5.74, 6) is -0.654. The second-order valence-corrected chi connectivity index (χ2v) is 4.97. The van der Waals surface area contributed by atoms with Crippen LogP contribution in [0.4, 0.5) is 0 Å². The molecule has 98 valence electrons. The van der Waals surface area contributed by atoms with Crippen molar-refractivity contribution in [2.45, 2.75) is 24.8 Å². The zero-order chi connectivity index (χ0) is 13.1. The van der Waals surface area contributed by atoms with Gasteiger partial charge in [-0.1, -0.05) is 23.7 Å². The van der Waals surface area contributed by atoms with Crippen molar-refractivity contribution in [1.82, 2.24) is 0 Å². The van der Waals surface area contributed by atoms with Crippen LogP contribution in [0.15, 0.2) is 18.2 Å². The molecule has 1 aliphatic heterocycles. The standard InChI is InChI=1S/C13H16ClNO3/c14-11-5-8(6-12(15)13(16)17)1-2-10(11)9-3-4-18-7-9/h1-2,5,9,12H,3-4,6-7,15H2,(H,16,17). The van der Waals surface area contributed by atoms with Gasteiger partial charge in [-0.3, -0.25) is 4.79 Å². The number of carboxylic acids is 1. The Morgan fingerprint density at radius 3 is 2.94 bits per heavy atom. The highest BCUT2D eigenvalue weighted by Gasteiger charge is 2.20. The van der Waals surface area contributed by atoms with Crippen LogP contribution >= 0.6 is 11.6 Å². The minimum absolute atomic E-state index is 0.288. The van der Waals surface area contributed by atoms with Crippen LogP contribution in [0.3, 0.4) is 0 Å². The van der Waals surface area contributed by atoms with Gasteiger partial charge in [-0.05, 0) is 30.0 Å². The Morgan fingerprint density at radius 1 is 1.61 bits per heavy atom. The highest BCUT2D eigenvalue weighted by atomic mass is 35.5. The zero-order valence-electron chi connectivity index (χ0n) is 9.93. The van der Waals surface area contributed by atoms with Crippen molar-refractivity contribution >= 4 is 17.6 Å². The van der Waals surface area contributed by atoms with Gasteiger partial charge in [0.15, 0.2) is 0 Å². The van der Waals surface area contributed by atoms with Gasteiger partial charge in [0.2, 0.25) is 0 Å². The molecule has 4 nitrogen and oxygen atoms in total. The maximum absolute atomic E-state index is 10.7. The van der Waals surface area contributed by atoms with E-state index in [-0.39, 0.29) is 6.42 Å². The minimum Gasteiger partial charge on any atom is -0.480 e. The van der Waals surface area contributed by atoms with Gasteiger partial charge in [0.05, 0.1) is 6.61 Å². The van der Waals surface area contributed by atoms with Gasteiger partial charge in [-0.25, -0.2) is 0 Å². The van der Waals surface area contributed by atoms with E-state index in [1.807, 2.05) is 12.1 Å². The van der Waals surface area contributed by atoms with Crippen LogP contribution in [0.5, 0.6) is 0 Å². The number of benzene rings is 1. The normalized spacial score (nSPS) is 20.9. The van der Waals surface area contributed by atoms with Crippen LogP contribution in [-0.2, 0) is 16.0 Å². The first kappa shape index (κ1) is 13.3. The average Bonchev–Trinajstić information content (AvgIpc) is 2.82. The number of hydrogen-bond acceptors (Lipinski definition) is 3. The van der Waals surface area contributed by atoms with E-state index < -0.39 is 12.0 Å². The number of carboxylic acid groups (broad SMARTS) is 1. The highest BCUT2D eigenvalue weighted by Crippen LogP contribution is 2.31. The zero-order valence-corrected chi connectivity index (χ0v) is 10.7. The van der Waals surface area contributed by atoms with Crippen molar-refractivity contribution in [3.63, 3.8) is 0 Å². The van der Waals surface area contributed by atoms with Crippen LogP contribution in [0, 0.1) is 0 Å².